The minimum atomic E-state index is -0.197. The van der Waals surface area contributed by atoms with Crippen LogP contribution >= 0.6 is 27.3 Å². The third-order valence-electron chi connectivity index (χ3n) is 3.08. The van der Waals surface area contributed by atoms with E-state index in [-0.39, 0.29) is 11.2 Å². The van der Waals surface area contributed by atoms with Crippen molar-refractivity contribution >= 4 is 27.3 Å². The van der Waals surface area contributed by atoms with Gasteiger partial charge < -0.3 is 5.32 Å². The first-order valence-electron chi connectivity index (χ1n) is 6.18. The van der Waals surface area contributed by atoms with Gasteiger partial charge in [0.2, 0.25) is 0 Å². The molecule has 1 nitrogen and oxygen atoms in total. The molecule has 0 aliphatic rings. The van der Waals surface area contributed by atoms with Gasteiger partial charge >= 0.3 is 0 Å². The van der Waals surface area contributed by atoms with E-state index in [1.807, 2.05) is 0 Å². The molecule has 0 aliphatic carbocycles. The van der Waals surface area contributed by atoms with Crippen molar-refractivity contribution < 1.29 is 4.39 Å². The molecule has 0 unspecified atom stereocenters. The van der Waals surface area contributed by atoms with Crippen molar-refractivity contribution in [2.45, 2.75) is 25.8 Å². The second kappa shape index (κ2) is 6.16. The number of rotatable bonds is 5. The van der Waals surface area contributed by atoms with Gasteiger partial charge in [0.25, 0.3) is 0 Å². The third kappa shape index (κ3) is 3.88. The Morgan fingerprint density at radius 1 is 1.32 bits per heavy atom. The molecule has 0 bridgehead atoms. The molecule has 1 N–H and O–H groups in total. The highest BCUT2D eigenvalue weighted by Crippen LogP contribution is 2.27. The summed E-state index contributed by atoms with van der Waals surface area (Å²) in [6.45, 7) is 5.95. The van der Waals surface area contributed by atoms with Crippen LogP contribution in [0.2, 0.25) is 0 Å². The number of hydrogen-bond acceptors (Lipinski definition) is 2. The lowest BCUT2D eigenvalue weighted by molar-refractivity contribution is 0.476. The molecule has 0 radical (unpaired) electrons. The van der Waals surface area contributed by atoms with Gasteiger partial charge in [-0.25, -0.2) is 4.39 Å². The predicted octanol–water partition coefficient (Wildman–Crippen LogP) is 4.72. The zero-order valence-electron chi connectivity index (χ0n) is 11.0. The first kappa shape index (κ1) is 14.7. The van der Waals surface area contributed by atoms with E-state index in [2.05, 4.69) is 52.6 Å². The van der Waals surface area contributed by atoms with Gasteiger partial charge in [-0.3, -0.25) is 0 Å². The van der Waals surface area contributed by atoms with Crippen LogP contribution < -0.4 is 5.32 Å². The van der Waals surface area contributed by atoms with Gasteiger partial charge in [0.1, 0.15) is 5.82 Å². The van der Waals surface area contributed by atoms with Gasteiger partial charge in [-0.2, -0.15) is 0 Å². The average Bonchev–Trinajstić information content (AvgIpc) is 2.88. The first-order valence-corrected chi connectivity index (χ1v) is 7.85. The van der Waals surface area contributed by atoms with Crippen molar-refractivity contribution in [3.63, 3.8) is 0 Å². The molecule has 2 rings (SSSR count). The van der Waals surface area contributed by atoms with Crippen LogP contribution in [0.3, 0.4) is 0 Å². The van der Waals surface area contributed by atoms with E-state index in [0.29, 0.717) is 6.54 Å². The van der Waals surface area contributed by atoms with E-state index >= 15 is 0 Å². The Morgan fingerprint density at radius 3 is 2.79 bits per heavy atom. The molecule has 19 heavy (non-hydrogen) atoms. The summed E-state index contributed by atoms with van der Waals surface area (Å²) < 4.78 is 14.1. The second-order valence-corrected chi connectivity index (χ2v) is 7.00. The van der Waals surface area contributed by atoms with Crippen molar-refractivity contribution in [1.82, 2.24) is 5.32 Å². The van der Waals surface area contributed by atoms with Gasteiger partial charge in [0.15, 0.2) is 0 Å². The van der Waals surface area contributed by atoms with Crippen LogP contribution in [0.1, 0.15) is 24.3 Å². The lowest BCUT2D eigenvalue weighted by Gasteiger charge is -2.24. The molecule has 4 heteroatoms. The summed E-state index contributed by atoms with van der Waals surface area (Å²) in [4.78, 5) is 1.36. The Kier molecular flexibility index (Phi) is 4.76. The van der Waals surface area contributed by atoms with Crippen LogP contribution in [0.25, 0.3) is 0 Å². The van der Waals surface area contributed by atoms with Gasteiger partial charge in [0.05, 0.1) is 0 Å². The molecular formula is C15H17BrFNS. The highest BCUT2D eigenvalue weighted by atomic mass is 79.9. The molecule has 1 aromatic carbocycles. The van der Waals surface area contributed by atoms with Crippen LogP contribution in [0.15, 0.2) is 40.2 Å². The number of benzene rings is 1. The highest BCUT2D eigenvalue weighted by molar-refractivity contribution is 9.10. The molecule has 2 aromatic rings. The third-order valence-corrected chi connectivity index (χ3v) is 5.09. The monoisotopic (exact) mass is 341 g/mol. The normalized spacial score (nSPS) is 11.8. The fourth-order valence-electron chi connectivity index (χ4n) is 1.94. The minimum Gasteiger partial charge on any atom is -0.312 e. The summed E-state index contributed by atoms with van der Waals surface area (Å²) >= 11 is 5.22. The molecule has 0 aliphatic heterocycles. The maximum absolute atomic E-state index is 13.2. The summed E-state index contributed by atoms with van der Waals surface area (Å²) in [6.07, 6.45) is 0. The van der Waals surface area contributed by atoms with Crippen molar-refractivity contribution in [2.75, 3.05) is 6.54 Å². The van der Waals surface area contributed by atoms with E-state index < -0.39 is 0 Å². The van der Waals surface area contributed by atoms with Crippen LogP contribution in [0.4, 0.5) is 4.39 Å². The topological polar surface area (TPSA) is 12.0 Å². The first-order chi connectivity index (χ1) is 8.99. The maximum Gasteiger partial charge on any atom is 0.123 e. The second-order valence-electron chi connectivity index (χ2n) is 5.20. The van der Waals surface area contributed by atoms with Crippen molar-refractivity contribution in [3.05, 3.63) is 56.4 Å². The molecule has 102 valence electrons. The average molecular weight is 342 g/mol. The lowest BCUT2D eigenvalue weighted by Crippen LogP contribution is -2.32. The standard InChI is InChI=1S/C15H17BrFNS/c1-15(2,14-4-3-7-19-14)10-18-9-11-8-12(17)5-6-13(11)16/h3-8,18H,9-10H2,1-2H3. The van der Waals surface area contributed by atoms with Crippen LogP contribution in [-0.4, -0.2) is 6.54 Å². The highest BCUT2D eigenvalue weighted by Gasteiger charge is 2.21. The molecule has 1 heterocycles. The smallest absolute Gasteiger partial charge is 0.123 e. The van der Waals surface area contributed by atoms with Crippen molar-refractivity contribution in [1.29, 1.82) is 0 Å². The molecule has 0 fully saturated rings. The lowest BCUT2D eigenvalue weighted by atomic mass is 9.91. The number of thiophene rings is 1. The quantitative estimate of drug-likeness (QED) is 0.829. The molecule has 0 amide bonds. The Labute approximate surface area is 126 Å². The van der Waals surface area contributed by atoms with E-state index in [9.17, 15) is 4.39 Å². The summed E-state index contributed by atoms with van der Waals surface area (Å²) in [5.41, 5.74) is 1.04. The van der Waals surface area contributed by atoms with Crippen molar-refractivity contribution in [3.8, 4) is 0 Å². The zero-order valence-corrected chi connectivity index (χ0v) is 13.4. The summed E-state index contributed by atoms with van der Waals surface area (Å²) in [5, 5.41) is 5.51. The minimum absolute atomic E-state index is 0.0912. The molecule has 0 saturated carbocycles. The summed E-state index contributed by atoms with van der Waals surface area (Å²) in [7, 11) is 0. The predicted molar refractivity (Wildman–Crippen MR) is 83.2 cm³/mol. The molecular weight excluding hydrogens is 325 g/mol. The fourth-order valence-corrected chi connectivity index (χ4v) is 3.18. The van der Waals surface area contributed by atoms with Crippen molar-refractivity contribution in [2.24, 2.45) is 0 Å². The fraction of sp³-hybridized carbons (Fsp3) is 0.333. The van der Waals surface area contributed by atoms with Gasteiger partial charge in [-0.1, -0.05) is 35.8 Å². The molecule has 0 saturated heterocycles. The summed E-state index contributed by atoms with van der Waals surface area (Å²) in [6, 6.07) is 9.00. The van der Waals surface area contributed by atoms with Gasteiger partial charge in [0, 0.05) is 27.9 Å². The van der Waals surface area contributed by atoms with Crippen LogP contribution in [-0.2, 0) is 12.0 Å². The maximum atomic E-state index is 13.2. The zero-order chi connectivity index (χ0) is 13.9. The Balaban J connectivity index is 1.95. The largest absolute Gasteiger partial charge is 0.312 e. The van der Waals surface area contributed by atoms with Crippen LogP contribution in [0, 0.1) is 5.82 Å². The Bertz CT molecular complexity index is 537. The van der Waals surface area contributed by atoms with Gasteiger partial charge in [-0.15, -0.1) is 11.3 Å². The Hall–Kier alpha value is -0.710. The Morgan fingerprint density at radius 2 is 2.11 bits per heavy atom. The molecule has 1 aromatic heterocycles. The van der Waals surface area contributed by atoms with E-state index in [4.69, 9.17) is 0 Å². The van der Waals surface area contributed by atoms with E-state index in [1.54, 1.807) is 23.5 Å². The van der Waals surface area contributed by atoms with Gasteiger partial charge in [-0.05, 0) is 35.2 Å². The number of nitrogens with one attached hydrogen (secondary N) is 1. The molecule has 0 spiro atoms. The number of hydrogen-bond donors (Lipinski definition) is 1. The van der Waals surface area contributed by atoms with Crippen LogP contribution in [0.5, 0.6) is 0 Å². The van der Waals surface area contributed by atoms with E-state index in [0.717, 1.165) is 16.6 Å². The van der Waals surface area contributed by atoms with E-state index in [1.165, 1.54) is 10.9 Å². The SMILES string of the molecule is CC(C)(CNCc1cc(F)ccc1Br)c1cccs1. The summed E-state index contributed by atoms with van der Waals surface area (Å²) in [5.74, 6) is -0.197. The number of halogens is 2. The molecule has 0 atom stereocenters.